The maximum Gasteiger partial charge on any atom is 0.0702 e. The van der Waals surface area contributed by atoms with Gasteiger partial charge in [-0.15, -0.1) is 0 Å². The second-order valence-electron chi connectivity index (χ2n) is 5.18. The molecule has 1 N–H and O–H groups in total. The van der Waals surface area contributed by atoms with Gasteiger partial charge in [0, 0.05) is 34.9 Å². The van der Waals surface area contributed by atoms with Gasteiger partial charge in [0.15, 0.2) is 0 Å². The van der Waals surface area contributed by atoms with Gasteiger partial charge in [0.1, 0.15) is 0 Å². The highest BCUT2D eigenvalue weighted by Gasteiger charge is 2.26. The third-order valence-corrected chi connectivity index (χ3v) is 3.97. The number of hydrogen-bond acceptors (Lipinski definition) is 3. The lowest BCUT2D eigenvalue weighted by molar-refractivity contribution is 0.281. The first kappa shape index (κ1) is 13.8. The zero-order valence-electron chi connectivity index (χ0n) is 11.1. The molecule has 100 valence electrons. The second-order valence-corrected chi connectivity index (χ2v) is 6.10. The predicted octanol–water partition coefficient (Wildman–Crippen LogP) is 2.47. The standard InChI is InChI=1S/C14H21BrN2O/c1-16(2)9-13-4-3-7-17(13)14-6-5-12(15)8-11(14)10-18/h5-6,8,13,18H,3-4,7,9-10H2,1-2H3. The largest absolute Gasteiger partial charge is 0.392 e. The lowest BCUT2D eigenvalue weighted by atomic mass is 10.1. The zero-order chi connectivity index (χ0) is 13.1. The van der Waals surface area contributed by atoms with Crippen molar-refractivity contribution in [1.29, 1.82) is 0 Å². The maximum atomic E-state index is 9.51. The highest BCUT2D eigenvalue weighted by molar-refractivity contribution is 9.10. The molecule has 0 aromatic heterocycles. The molecule has 2 rings (SSSR count). The Morgan fingerprint density at radius 2 is 2.22 bits per heavy atom. The average molecular weight is 313 g/mol. The van der Waals surface area contributed by atoms with E-state index >= 15 is 0 Å². The monoisotopic (exact) mass is 312 g/mol. The minimum absolute atomic E-state index is 0.0972. The van der Waals surface area contributed by atoms with Gasteiger partial charge in [0.2, 0.25) is 0 Å². The average Bonchev–Trinajstić information content (AvgIpc) is 2.76. The molecule has 1 aromatic rings. The van der Waals surface area contributed by atoms with Crippen LogP contribution >= 0.6 is 15.9 Å². The number of aliphatic hydroxyl groups is 1. The Morgan fingerprint density at radius 3 is 2.89 bits per heavy atom. The molecule has 0 bridgehead atoms. The van der Waals surface area contributed by atoms with E-state index < -0.39 is 0 Å². The Morgan fingerprint density at radius 1 is 1.44 bits per heavy atom. The summed E-state index contributed by atoms with van der Waals surface area (Å²) >= 11 is 3.46. The molecule has 4 heteroatoms. The molecule has 0 aliphatic carbocycles. The molecular formula is C14H21BrN2O. The number of benzene rings is 1. The number of likely N-dealkylation sites (N-methyl/N-ethyl adjacent to an activating group) is 1. The van der Waals surface area contributed by atoms with E-state index in [0.29, 0.717) is 6.04 Å². The summed E-state index contributed by atoms with van der Waals surface area (Å²) in [6.07, 6.45) is 2.47. The first-order chi connectivity index (χ1) is 8.61. The first-order valence-corrected chi connectivity index (χ1v) is 7.21. The smallest absolute Gasteiger partial charge is 0.0702 e. The fraction of sp³-hybridized carbons (Fsp3) is 0.571. The van der Waals surface area contributed by atoms with Gasteiger partial charge in [0.05, 0.1) is 6.61 Å². The quantitative estimate of drug-likeness (QED) is 0.925. The molecule has 0 spiro atoms. The maximum absolute atomic E-state index is 9.51. The van der Waals surface area contributed by atoms with Crippen LogP contribution in [0.3, 0.4) is 0 Å². The fourth-order valence-corrected chi connectivity index (χ4v) is 3.13. The van der Waals surface area contributed by atoms with E-state index in [2.05, 4.69) is 52.0 Å². The summed E-state index contributed by atoms with van der Waals surface area (Å²) in [6.45, 7) is 2.26. The predicted molar refractivity (Wildman–Crippen MR) is 79.0 cm³/mol. The number of halogens is 1. The van der Waals surface area contributed by atoms with Crippen LogP contribution in [0, 0.1) is 0 Å². The third-order valence-electron chi connectivity index (χ3n) is 3.47. The Kier molecular flexibility index (Phi) is 4.65. The number of hydrogen-bond donors (Lipinski definition) is 1. The molecule has 1 aromatic carbocycles. The van der Waals surface area contributed by atoms with Gasteiger partial charge in [0.25, 0.3) is 0 Å². The summed E-state index contributed by atoms with van der Waals surface area (Å²) in [6, 6.07) is 6.75. The van der Waals surface area contributed by atoms with E-state index in [4.69, 9.17) is 0 Å². The van der Waals surface area contributed by atoms with E-state index in [9.17, 15) is 5.11 Å². The van der Waals surface area contributed by atoms with Gasteiger partial charge in [-0.25, -0.2) is 0 Å². The van der Waals surface area contributed by atoms with E-state index in [1.165, 1.54) is 18.5 Å². The minimum Gasteiger partial charge on any atom is -0.392 e. The lowest BCUT2D eigenvalue weighted by Crippen LogP contribution is -2.38. The van der Waals surface area contributed by atoms with Gasteiger partial charge in [-0.1, -0.05) is 15.9 Å². The summed E-state index contributed by atoms with van der Waals surface area (Å²) < 4.78 is 1.03. The summed E-state index contributed by atoms with van der Waals surface area (Å²) in [5.41, 5.74) is 2.19. The van der Waals surface area contributed by atoms with Crippen molar-refractivity contribution < 1.29 is 5.11 Å². The van der Waals surface area contributed by atoms with Crippen molar-refractivity contribution >= 4 is 21.6 Å². The van der Waals surface area contributed by atoms with Crippen molar-refractivity contribution in [2.75, 3.05) is 32.1 Å². The topological polar surface area (TPSA) is 26.7 Å². The van der Waals surface area contributed by atoms with Gasteiger partial charge in [-0.05, 0) is 45.1 Å². The Bertz CT molecular complexity index is 409. The van der Waals surface area contributed by atoms with Crippen molar-refractivity contribution in [2.45, 2.75) is 25.5 Å². The van der Waals surface area contributed by atoms with Crippen LogP contribution in [-0.2, 0) is 6.61 Å². The van der Waals surface area contributed by atoms with Crippen LogP contribution < -0.4 is 4.90 Å². The lowest BCUT2D eigenvalue weighted by Gasteiger charge is -2.30. The van der Waals surface area contributed by atoms with Crippen molar-refractivity contribution in [3.63, 3.8) is 0 Å². The van der Waals surface area contributed by atoms with Gasteiger partial charge in [-0.2, -0.15) is 0 Å². The Hall–Kier alpha value is -0.580. The molecular weight excluding hydrogens is 292 g/mol. The molecule has 1 aliphatic rings. The van der Waals surface area contributed by atoms with Crippen LogP contribution in [0.15, 0.2) is 22.7 Å². The van der Waals surface area contributed by atoms with Crippen LogP contribution in [0.1, 0.15) is 18.4 Å². The van der Waals surface area contributed by atoms with Gasteiger partial charge >= 0.3 is 0 Å². The highest BCUT2D eigenvalue weighted by atomic mass is 79.9. The molecule has 1 unspecified atom stereocenters. The normalized spacial score (nSPS) is 19.8. The second kappa shape index (κ2) is 6.04. The van der Waals surface area contributed by atoms with E-state index in [1.54, 1.807) is 0 Å². The van der Waals surface area contributed by atoms with Crippen LogP contribution in [0.4, 0.5) is 5.69 Å². The van der Waals surface area contributed by atoms with Crippen LogP contribution in [0.25, 0.3) is 0 Å². The molecule has 18 heavy (non-hydrogen) atoms. The Labute approximate surface area is 118 Å². The summed E-state index contributed by atoms with van der Waals surface area (Å²) in [5.74, 6) is 0. The van der Waals surface area contributed by atoms with Crippen molar-refractivity contribution in [3.8, 4) is 0 Å². The molecule has 1 fully saturated rings. The fourth-order valence-electron chi connectivity index (χ4n) is 2.73. The van der Waals surface area contributed by atoms with Crippen LogP contribution in [0.5, 0.6) is 0 Å². The minimum atomic E-state index is 0.0972. The molecule has 1 saturated heterocycles. The number of rotatable bonds is 4. The molecule has 3 nitrogen and oxygen atoms in total. The van der Waals surface area contributed by atoms with Crippen LogP contribution in [0.2, 0.25) is 0 Å². The molecule has 0 amide bonds. The van der Waals surface area contributed by atoms with Crippen LogP contribution in [-0.4, -0.2) is 43.2 Å². The highest BCUT2D eigenvalue weighted by Crippen LogP contribution is 2.31. The number of aliphatic hydroxyl groups excluding tert-OH is 1. The molecule has 1 aliphatic heterocycles. The molecule has 0 radical (unpaired) electrons. The first-order valence-electron chi connectivity index (χ1n) is 6.42. The van der Waals surface area contributed by atoms with E-state index in [0.717, 1.165) is 23.1 Å². The third kappa shape index (κ3) is 3.05. The van der Waals surface area contributed by atoms with Crippen molar-refractivity contribution in [2.24, 2.45) is 0 Å². The zero-order valence-corrected chi connectivity index (χ0v) is 12.7. The van der Waals surface area contributed by atoms with Gasteiger partial charge in [-0.3, -0.25) is 0 Å². The van der Waals surface area contributed by atoms with Crippen molar-refractivity contribution in [3.05, 3.63) is 28.2 Å². The van der Waals surface area contributed by atoms with E-state index in [1.807, 2.05) is 6.07 Å². The molecule has 1 atom stereocenters. The SMILES string of the molecule is CN(C)CC1CCCN1c1ccc(Br)cc1CO. The Balaban J connectivity index is 2.24. The number of anilines is 1. The summed E-state index contributed by atoms with van der Waals surface area (Å²) in [5, 5.41) is 9.51. The summed E-state index contributed by atoms with van der Waals surface area (Å²) in [7, 11) is 4.23. The van der Waals surface area contributed by atoms with Gasteiger partial charge < -0.3 is 14.9 Å². The van der Waals surface area contributed by atoms with E-state index in [-0.39, 0.29) is 6.61 Å². The number of nitrogens with zero attached hydrogens (tertiary/aromatic N) is 2. The molecule has 0 saturated carbocycles. The molecule has 1 heterocycles. The van der Waals surface area contributed by atoms with Crippen molar-refractivity contribution in [1.82, 2.24) is 4.90 Å². The summed E-state index contributed by atoms with van der Waals surface area (Å²) in [4.78, 5) is 4.68.